The molecule has 0 unspecified atom stereocenters. The Labute approximate surface area is 146 Å². The minimum absolute atomic E-state index is 0.0113. The Morgan fingerprint density at radius 3 is 2.67 bits per heavy atom. The first-order valence-corrected chi connectivity index (χ1v) is 9.38. The largest absolute Gasteiger partial charge is 0.339 e. The fraction of sp³-hybridized carbons (Fsp3) is 0.500. The van der Waals surface area contributed by atoms with Gasteiger partial charge >= 0.3 is 0 Å². The van der Waals surface area contributed by atoms with Crippen LogP contribution in [0.15, 0.2) is 24.3 Å². The van der Waals surface area contributed by atoms with Gasteiger partial charge in [0.25, 0.3) is 11.1 Å². The molecule has 0 radical (unpaired) electrons. The third kappa shape index (κ3) is 3.64. The van der Waals surface area contributed by atoms with E-state index in [0.717, 1.165) is 30.2 Å². The van der Waals surface area contributed by atoms with Crippen molar-refractivity contribution >= 4 is 28.8 Å². The Morgan fingerprint density at radius 1 is 1.25 bits per heavy atom. The second-order valence-corrected chi connectivity index (χ2v) is 7.37. The van der Waals surface area contributed by atoms with E-state index in [1.807, 2.05) is 24.1 Å². The summed E-state index contributed by atoms with van der Waals surface area (Å²) < 4.78 is 0. The van der Waals surface area contributed by atoms with Crippen molar-refractivity contribution < 1.29 is 14.4 Å². The predicted molar refractivity (Wildman–Crippen MR) is 93.8 cm³/mol. The van der Waals surface area contributed by atoms with Gasteiger partial charge in [0.15, 0.2) is 0 Å². The summed E-state index contributed by atoms with van der Waals surface area (Å²) in [6.07, 6.45) is 5.74. The lowest BCUT2D eigenvalue weighted by molar-refractivity contribution is -0.125. The van der Waals surface area contributed by atoms with E-state index in [2.05, 4.69) is 0 Å². The van der Waals surface area contributed by atoms with Crippen molar-refractivity contribution in [3.05, 3.63) is 35.4 Å². The number of carbonyl (C=O) groups is 3. The zero-order chi connectivity index (χ0) is 17.1. The van der Waals surface area contributed by atoms with Crippen LogP contribution in [-0.2, 0) is 11.3 Å². The molecule has 0 N–H and O–H groups in total. The van der Waals surface area contributed by atoms with E-state index in [1.54, 1.807) is 12.1 Å². The summed E-state index contributed by atoms with van der Waals surface area (Å²) in [7, 11) is 1.87. The molecule has 1 aliphatic heterocycles. The number of rotatable bonds is 4. The molecule has 2 aliphatic rings. The molecule has 1 saturated heterocycles. The molecule has 1 heterocycles. The van der Waals surface area contributed by atoms with Crippen molar-refractivity contribution in [3.8, 4) is 0 Å². The topological polar surface area (TPSA) is 57.7 Å². The number of carbonyl (C=O) groups excluding carboxylic acids is 3. The number of amides is 3. The van der Waals surface area contributed by atoms with Crippen LogP contribution in [0.1, 0.15) is 48.0 Å². The maximum absolute atomic E-state index is 12.7. The highest BCUT2D eigenvalue weighted by molar-refractivity contribution is 8.14. The number of thioether (sulfide) groups is 1. The third-order valence-electron chi connectivity index (χ3n) is 4.80. The van der Waals surface area contributed by atoms with Crippen molar-refractivity contribution in [3.63, 3.8) is 0 Å². The molecule has 0 bridgehead atoms. The number of imide groups is 1. The molecule has 1 aromatic rings. The van der Waals surface area contributed by atoms with Crippen molar-refractivity contribution in [2.24, 2.45) is 0 Å². The summed E-state index contributed by atoms with van der Waals surface area (Å²) in [5, 5.41) is -0.212. The lowest BCUT2D eigenvalue weighted by Gasteiger charge is -2.31. The lowest BCUT2D eigenvalue weighted by atomic mass is 9.94. The average Bonchev–Trinajstić information content (AvgIpc) is 2.93. The molecule has 1 aromatic carbocycles. The molecule has 1 aliphatic carbocycles. The quantitative estimate of drug-likeness (QED) is 0.839. The predicted octanol–water partition coefficient (Wildman–Crippen LogP) is 3.29. The highest BCUT2D eigenvalue weighted by Crippen LogP contribution is 2.24. The van der Waals surface area contributed by atoms with E-state index in [0.29, 0.717) is 11.6 Å². The minimum atomic E-state index is -0.212. The van der Waals surface area contributed by atoms with Gasteiger partial charge in [-0.2, -0.15) is 0 Å². The summed E-state index contributed by atoms with van der Waals surface area (Å²) in [6, 6.07) is 7.57. The molecule has 0 atom stereocenters. The van der Waals surface area contributed by atoms with Crippen LogP contribution >= 0.6 is 11.8 Å². The highest BCUT2D eigenvalue weighted by Gasteiger charge is 2.30. The molecule has 3 amide bonds. The van der Waals surface area contributed by atoms with Crippen LogP contribution in [0.25, 0.3) is 0 Å². The smallest absolute Gasteiger partial charge is 0.289 e. The summed E-state index contributed by atoms with van der Waals surface area (Å²) in [6.45, 7) is 0.235. The highest BCUT2D eigenvalue weighted by atomic mass is 32.2. The molecule has 6 heteroatoms. The zero-order valence-corrected chi connectivity index (χ0v) is 14.7. The number of hydrogen-bond acceptors (Lipinski definition) is 4. The molecule has 2 fully saturated rings. The fourth-order valence-corrected chi connectivity index (χ4v) is 4.08. The zero-order valence-electron chi connectivity index (χ0n) is 13.9. The van der Waals surface area contributed by atoms with E-state index in [9.17, 15) is 14.4 Å². The van der Waals surface area contributed by atoms with Gasteiger partial charge in [0, 0.05) is 18.7 Å². The molecule has 24 heavy (non-hydrogen) atoms. The molecular weight excluding hydrogens is 324 g/mol. The van der Waals surface area contributed by atoms with Crippen LogP contribution in [-0.4, -0.2) is 45.7 Å². The first-order chi connectivity index (χ1) is 11.6. The summed E-state index contributed by atoms with van der Waals surface area (Å²) >= 11 is 1.03. The Kier molecular flexibility index (Phi) is 5.23. The van der Waals surface area contributed by atoms with Gasteiger partial charge in [0.1, 0.15) is 0 Å². The third-order valence-corrected chi connectivity index (χ3v) is 5.66. The van der Waals surface area contributed by atoms with Crippen molar-refractivity contribution in [2.45, 2.75) is 44.7 Å². The van der Waals surface area contributed by atoms with Gasteiger partial charge in [-0.15, -0.1) is 0 Å². The van der Waals surface area contributed by atoms with Gasteiger partial charge in [-0.1, -0.05) is 43.2 Å². The second kappa shape index (κ2) is 7.38. The van der Waals surface area contributed by atoms with E-state index in [-0.39, 0.29) is 29.4 Å². The van der Waals surface area contributed by atoms with Gasteiger partial charge in [0.2, 0.25) is 5.91 Å². The van der Waals surface area contributed by atoms with Crippen molar-refractivity contribution in [1.29, 1.82) is 0 Å². The van der Waals surface area contributed by atoms with Crippen LogP contribution in [0.4, 0.5) is 4.79 Å². The normalized spacial score (nSPS) is 19.0. The summed E-state index contributed by atoms with van der Waals surface area (Å²) in [4.78, 5) is 39.3. The average molecular weight is 346 g/mol. The lowest BCUT2D eigenvalue weighted by Crippen LogP contribution is -2.38. The van der Waals surface area contributed by atoms with Crippen LogP contribution in [0.2, 0.25) is 0 Å². The van der Waals surface area contributed by atoms with Gasteiger partial charge in [0.05, 0.1) is 12.3 Å². The first kappa shape index (κ1) is 17.0. The van der Waals surface area contributed by atoms with Gasteiger partial charge in [-0.3, -0.25) is 19.3 Å². The van der Waals surface area contributed by atoms with E-state index in [1.165, 1.54) is 24.2 Å². The number of hydrogen-bond donors (Lipinski definition) is 0. The van der Waals surface area contributed by atoms with E-state index < -0.39 is 0 Å². The fourth-order valence-electron chi connectivity index (χ4n) is 3.36. The van der Waals surface area contributed by atoms with E-state index >= 15 is 0 Å². The molecular formula is C18H22N2O3S. The maximum Gasteiger partial charge on any atom is 0.289 e. The minimum Gasteiger partial charge on any atom is -0.339 e. The van der Waals surface area contributed by atoms with Crippen molar-refractivity contribution in [2.75, 3.05) is 12.8 Å². The van der Waals surface area contributed by atoms with Gasteiger partial charge < -0.3 is 4.90 Å². The molecule has 1 saturated carbocycles. The summed E-state index contributed by atoms with van der Waals surface area (Å²) in [5.74, 6) is 0.0558. The Morgan fingerprint density at radius 2 is 2.00 bits per heavy atom. The monoisotopic (exact) mass is 346 g/mol. The van der Waals surface area contributed by atoms with E-state index in [4.69, 9.17) is 0 Å². The Hall–Kier alpha value is -1.82. The first-order valence-electron chi connectivity index (χ1n) is 8.39. The molecule has 0 aromatic heterocycles. The van der Waals surface area contributed by atoms with Crippen LogP contribution in [0.3, 0.4) is 0 Å². The maximum atomic E-state index is 12.7. The number of benzene rings is 1. The molecule has 5 nitrogen and oxygen atoms in total. The summed E-state index contributed by atoms with van der Waals surface area (Å²) in [5.41, 5.74) is 1.43. The molecule has 0 spiro atoms. The van der Waals surface area contributed by atoms with Gasteiger partial charge in [-0.05, 0) is 30.5 Å². The Balaban J connectivity index is 1.71. The molecule has 128 valence electrons. The second-order valence-electron chi connectivity index (χ2n) is 6.44. The van der Waals surface area contributed by atoms with Crippen LogP contribution < -0.4 is 0 Å². The van der Waals surface area contributed by atoms with Crippen LogP contribution in [0.5, 0.6) is 0 Å². The Bertz CT molecular complexity index is 639. The van der Waals surface area contributed by atoms with Crippen molar-refractivity contribution in [1.82, 2.24) is 9.80 Å². The standard InChI is InChI=1S/C18H22N2O3S/c1-19(15-8-3-2-4-9-15)17(22)14-7-5-6-13(10-14)11-20-16(21)12-24-18(20)23/h5-7,10,15H,2-4,8-9,11-12H2,1H3. The SMILES string of the molecule is CN(C(=O)c1cccc(CN2C(=O)CSC2=O)c1)C1CCCCC1. The van der Waals surface area contributed by atoms with Gasteiger partial charge in [-0.25, -0.2) is 0 Å². The molecule has 3 rings (SSSR count). The van der Waals surface area contributed by atoms with Crippen LogP contribution in [0, 0.1) is 0 Å². The number of nitrogens with zero attached hydrogens (tertiary/aromatic N) is 2.